The molecule has 0 aromatic rings. The van der Waals surface area contributed by atoms with E-state index in [0.29, 0.717) is 6.10 Å². The number of hydrogen-bond acceptors (Lipinski definition) is 1. The van der Waals surface area contributed by atoms with Crippen molar-refractivity contribution in [3.05, 3.63) is 12.2 Å². The van der Waals surface area contributed by atoms with Gasteiger partial charge in [0.2, 0.25) is 0 Å². The van der Waals surface area contributed by atoms with Gasteiger partial charge in [-0.05, 0) is 25.2 Å². The van der Waals surface area contributed by atoms with Crippen molar-refractivity contribution >= 4 is 0 Å². The van der Waals surface area contributed by atoms with Gasteiger partial charge in [0.15, 0.2) is 0 Å². The van der Waals surface area contributed by atoms with Crippen molar-refractivity contribution in [2.45, 2.75) is 25.4 Å². The van der Waals surface area contributed by atoms with Crippen LogP contribution in [0.5, 0.6) is 0 Å². The molecule has 0 aromatic heterocycles. The second-order valence-corrected chi connectivity index (χ2v) is 2.92. The minimum Gasteiger partial charge on any atom is -0.373 e. The van der Waals surface area contributed by atoms with Gasteiger partial charge >= 0.3 is 0 Å². The number of allylic oxidation sites excluding steroid dienone is 2. The summed E-state index contributed by atoms with van der Waals surface area (Å²) >= 11 is 0. The lowest BCUT2D eigenvalue weighted by atomic mass is 9.92. The Morgan fingerprint density at radius 2 is 2.22 bits per heavy atom. The lowest BCUT2D eigenvalue weighted by Crippen LogP contribution is -2.08. The molecule has 0 radical (unpaired) electrons. The maximum Gasteiger partial charge on any atom is 0.0841 e. The molecule has 2 aliphatic rings. The van der Waals surface area contributed by atoms with Gasteiger partial charge in [0.1, 0.15) is 0 Å². The maximum atomic E-state index is 5.21. The Hall–Kier alpha value is -0.300. The summed E-state index contributed by atoms with van der Waals surface area (Å²) in [5, 5.41) is 0. The molecular weight excluding hydrogens is 112 g/mol. The average Bonchev–Trinajstić information content (AvgIpc) is 2.71. The Bertz CT molecular complexity index is 125. The monoisotopic (exact) mass is 124 g/mol. The Balaban J connectivity index is 1.89. The molecule has 1 fully saturated rings. The first-order chi connectivity index (χ1) is 4.47. The van der Waals surface area contributed by atoms with Gasteiger partial charge in [-0.1, -0.05) is 12.2 Å². The molecule has 0 N–H and O–H groups in total. The van der Waals surface area contributed by atoms with E-state index >= 15 is 0 Å². The molecule has 1 unspecified atom stereocenters. The highest BCUT2D eigenvalue weighted by Crippen LogP contribution is 2.29. The number of hydrogen-bond donors (Lipinski definition) is 0. The van der Waals surface area contributed by atoms with Crippen molar-refractivity contribution in [2.24, 2.45) is 5.92 Å². The SMILES string of the molecule is C1=CCC([C@@H]2CO2)CC1. The van der Waals surface area contributed by atoms with Crippen LogP contribution < -0.4 is 0 Å². The molecule has 1 aliphatic heterocycles. The predicted molar refractivity (Wildman–Crippen MR) is 36.2 cm³/mol. The molecule has 2 rings (SSSR count). The topological polar surface area (TPSA) is 12.5 Å². The van der Waals surface area contributed by atoms with Crippen LogP contribution in [0.1, 0.15) is 19.3 Å². The summed E-state index contributed by atoms with van der Waals surface area (Å²) in [6.07, 6.45) is 9.07. The summed E-state index contributed by atoms with van der Waals surface area (Å²) in [6, 6.07) is 0. The zero-order valence-corrected chi connectivity index (χ0v) is 5.55. The number of rotatable bonds is 1. The van der Waals surface area contributed by atoms with Crippen molar-refractivity contribution in [2.75, 3.05) is 6.61 Å². The van der Waals surface area contributed by atoms with Crippen LogP contribution in [-0.2, 0) is 4.74 Å². The zero-order valence-electron chi connectivity index (χ0n) is 5.55. The molecule has 50 valence electrons. The van der Waals surface area contributed by atoms with Gasteiger partial charge < -0.3 is 4.74 Å². The number of ether oxygens (including phenoxy) is 1. The van der Waals surface area contributed by atoms with Gasteiger partial charge in [-0.3, -0.25) is 0 Å². The van der Waals surface area contributed by atoms with Crippen LogP contribution in [0.25, 0.3) is 0 Å². The molecule has 0 saturated carbocycles. The first-order valence-electron chi connectivity index (χ1n) is 3.73. The fourth-order valence-electron chi connectivity index (χ4n) is 1.48. The van der Waals surface area contributed by atoms with Crippen molar-refractivity contribution in [1.29, 1.82) is 0 Å². The Morgan fingerprint density at radius 1 is 1.33 bits per heavy atom. The molecule has 1 aliphatic carbocycles. The second kappa shape index (κ2) is 2.14. The summed E-state index contributed by atoms with van der Waals surface area (Å²) in [7, 11) is 0. The molecule has 2 atom stereocenters. The summed E-state index contributed by atoms with van der Waals surface area (Å²) in [4.78, 5) is 0. The Labute approximate surface area is 55.7 Å². The molecule has 1 saturated heterocycles. The van der Waals surface area contributed by atoms with Crippen molar-refractivity contribution < 1.29 is 4.74 Å². The van der Waals surface area contributed by atoms with Gasteiger partial charge in [0, 0.05) is 0 Å². The van der Waals surface area contributed by atoms with E-state index < -0.39 is 0 Å². The lowest BCUT2D eigenvalue weighted by molar-refractivity contribution is 0.313. The van der Waals surface area contributed by atoms with Crippen molar-refractivity contribution in [3.8, 4) is 0 Å². The van der Waals surface area contributed by atoms with Crippen LogP contribution in [0, 0.1) is 5.92 Å². The van der Waals surface area contributed by atoms with E-state index in [2.05, 4.69) is 12.2 Å². The fourth-order valence-corrected chi connectivity index (χ4v) is 1.48. The third-order valence-electron chi connectivity index (χ3n) is 2.19. The van der Waals surface area contributed by atoms with Gasteiger partial charge in [0.25, 0.3) is 0 Å². The van der Waals surface area contributed by atoms with E-state index in [1.165, 1.54) is 19.3 Å². The fraction of sp³-hybridized carbons (Fsp3) is 0.750. The third-order valence-corrected chi connectivity index (χ3v) is 2.19. The van der Waals surface area contributed by atoms with E-state index in [1.807, 2.05) is 0 Å². The molecule has 1 heteroatoms. The van der Waals surface area contributed by atoms with Gasteiger partial charge in [-0.2, -0.15) is 0 Å². The van der Waals surface area contributed by atoms with E-state index in [0.717, 1.165) is 12.5 Å². The summed E-state index contributed by atoms with van der Waals surface area (Å²) < 4.78 is 5.21. The predicted octanol–water partition coefficient (Wildman–Crippen LogP) is 1.74. The van der Waals surface area contributed by atoms with Crippen LogP contribution >= 0.6 is 0 Å². The third kappa shape index (κ3) is 1.16. The maximum absolute atomic E-state index is 5.21. The minimum atomic E-state index is 0.634. The van der Waals surface area contributed by atoms with E-state index in [-0.39, 0.29) is 0 Å². The van der Waals surface area contributed by atoms with E-state index in [1.54, 1.807) is 0 Å². The highest BCUT2D eigenvalue weighted by atomic mass is 16.6. The minimum absolute atomic E-state index is 0.634. The van der Waals surface area contributed by atoms with Gasteiger partial charge in [-0.15, -0.1) is 0 Å². The molecule has 9 heavy (non-hydrogen) atoms. The molecule has 0 amide bonds. The van der Waals surface area contributed by atoms with Crippen LogP contribution in [0.4, 0.5) is 0 Å². The van der Waals surface area contributed by atoms with Crippen LogP contribution in [0.2, 0.25) is 0 Å². The average molecular weight is 124 g/mol. The van der Waals surface area contributed by atoms with Crippen LogP contribution in [0.15, 0.2) is 12.2 Å². The Kier molecular flexibility index (Phi) is 1.31. The van der Waals surface area contributed by atoms with E-state index in [9.17, 15) is 0 Å². The summed E-state index contributed by atoms with van der Waals surface area (Å²) in [5.41, 5.74) is 0. The van der Waals surface area contributed by atoms with Crippen LogP contribution in [-0.4, -0.2) is 12.7 Å². The molecular formula is C8H12O. The Morgan fingerprint density at radius 3 is 2.78 bits per heavy atom. The molecule has 0 aromatic carbocycles. The van der Waals surface area contributed by atoms with Crippen molar-refractivity contribution in [1.82, 2.24) is 0 Å². The second-order valence-electron chi connectivity index (χ2n) is 2.92. The highest BCUT2D eigenvalue weighted by Gasteiger charge is 2.31. The summed E-state index contributed by atoms with van der Waals surface area (Å²) in [5.74, 6) is 0.856. The first kappa shape index (κ1) is 5.48. The molecule has 0 spiro atoms. The standard InChI is InChI=1S/C8H12O/c1-2-4-7(5-3-1)8-6-9-8/h1-2,7-8H,3-6H2/t7?,8-/m0/s1. The zero-order chi connectivity index (χ0) is 6.10. The first-order valence-corrected chi connectivity index (χ1v) is 3.73. The lowest BCUT2D eigenvalue weighted by Gasteiger charge is -2.13. The van der Waals surface area contributed by atoms with E-state index in [4.69, 9.17) is 4.74 Å². The molecule has 0 bridgehead atoms. The number of epoxide rings is 1. The van der Waals surface area contributed by atoms with Crippen LogP contribution in [0.3, 0.4) is 0 Å². The molecule has 1 heterocycles. The van der Waals surface area contributed by atoms with Gasteiger partial charge in [0.05, 0.1) is 12.7 Å². The summed E-state index contributed by atoms with van der Waals surface area (Å²) in [6.45, 7) is 1.03. The van der Waals surface area contributed by atoms with Gasteiger partial charge in [-0.25, -0.2) is 0 Å². The smallest absolute Gasteiger partial charge is 0.0841 e. The quantitative estimate of drug-likeness (QED) is 0.383. The largest absolute Gasteiger partial charge is 0.373 e. The molecule has 1 nitrogen and oxygen atoms in total. The highest BCUT2D eigenvalue weighted by molar-refractivity contribution is 4.94. The van der Waals surface area contributed by atoms with Crippen molar-refractivity contribution in [3.63, 3.8) is 0 Å². The normalized spacial score (nSPS) is 40.9.